The SMILES string of the molecule is C=C/C(=C/CC(=C)/C=C\C)CC. The van der Waals surface area contributed by atoms with Gasteiger partial charge in [0, 0.05) is 0 Å². The molecule has 0 aromatic carbocycles. The van der Waals surface area contributed by atoms with Gasteiger partial charge in [0.1, 0.15) is 0 Å². The van der Waals surface area contributed by atoms with Crippen molar-refractivity contribution in [3.63, 3.8) is 0 Å². The molecule has 0 nitrogen and oxygen atoms in total. The van der Waals surface area contributed by atoms with Gasteiger partial charge >= 0.3 is 0 Å². The van der Waals surface area contributed by atoms with Gasteiger partial charge in [0.05, 0.1) is 0 Å². The Morgan fingerprint density at radius 3 is 2.50 bits per heavy atom. The zero-order valence-corrected chi connectivity index (χ0v) is 8.14. The molecule has 0 bridgehead atoms. The Morgan fingerprint density at radius 1 is 1.42 bits per heavy atom. The Hall–Kier alpha value is -1.04. The molecule has 0 spiro atoms. The fourth-order valence-electron chi connectivity index (χ4n) is 0.938. The van der Waals surface area contributed by atoms with Gasteiger partial charge in [-0.1, -0.05) is 55.5 Å². The van der Waals surface area contributed by atoms with E-state index in [2.05, 4.69) is 26.2 Å². The highest BCUT2D eigenvalue weighted by Gasteiger charge is 1.87. The quantitative estimate of drug-likeness (QED) is 0.535. The van der Waals surface area contributed by atoms with Crippen molar-refractivity contribution in [3.8, 4) is 0 Å². The highest BCUT2D eigenvalue weighted by atomic mass is 13.9. The molecule has 0 radical (unpaired) electrons. The van der Waals surface area contributed by atoms with Gasteiger partial charge < -0.3 is 0 Å². The van der Waals surface area contributed by atoms with E-state index in [1.807, 2.05) is 25.2 Å². The predicted octanol–water partition coefficient (Wildman–Crippen LogP) is 4.03. The molecule has 66 valence electrons. The molecule has 0 atom stereocenters. The lowest BCUT2D eigenvalue weighted by Crippen LogP contribution is -1.76. The Morgan fingerprint density at radius 2 is 2.08 bits per heavy atom. The van der Waals surface area contributed by atoms with Crippen LogP contribution in [0.25, 0.3) is 0 Å². The van der Waals surface area contributed by atoms with Crippen molar-refractivity contribution < 1.29 is 0 Å². The molecule has 0 saturated heterocycles. The van der Waals surface area contributed by atoms with E-state index in [-0.39, 0.29) is 0 Å². The second-order valence-corrected chi connectivity index (χ2v) is 2.70. The van der Waals surface area contributed by atoms with Crippen molar-refractivity contribution in [2.45, 2.75) is 26.7 Å². The fraction of sp³-hybridized carbons (Fsp3) is 0.333. The molecule has 0 unspecified atom stereocenters. The van der Waals surface area contributed by atoms with Gasteiger partial charge in [-0.3, -0.25) is 0 Å². The van der Waals surface area contributed by atoms with Crippen LogP contribution in [0.15, 0.2) is 48.6 Å². The third-order valence-electron chi connectivity index (χ3n) is 1.70. The minimum atomic E-state index is 0.930. The summed E-state index contributed by atoms with van der Waals surface area (Å²) in [7, 11) is 0. The monoisotopic (exact) mass is 162 g/mol. The molecule has 0 aliphatic heterocycles. The maximum Gasteiger partial charge on any atom is -0.00976 e. The molecule has 0 saturated carbocycles. The van der Waals surface area contributed by atoms with Gasteiger partial charge in [0.15, 0.2) is 0 Å². The summed E-state index contributed by atoms with van der Waals surface area (Å²) in [5.41, 5.74) is 2.44. The lowest BCUT2D eigenvalue weighted by molar-refractivity contribution is 1.12. The third-order valence-corrected chi connectivity index (χ3v) is 1.70. The van der Waals surface area contributed by atoms with Gasteiger partial charge in [-0.2, -0.15) is 0 Å². The molecule has 0 heterocycles. The highest BCUT2D eigenvalue weighted by molar-refractivity contribution is 5.23. The standard InChI is InChI=1S/C12H18/c1-5-8-11(4)9-10-12(6-2)7-3/h5-6,8,10H,2,4,7,9H2,1,3H3/b8-5-,12-10-. The second kappa shape index (κ2) is 6.66. The van der Waals surface area contributed by atoms with Crippen LogP contribution in [0.2, 0.25) is 0 Å². The summed E-state index contributed by atoms with van der Waals surface area (Å²) >= 11 is 0. The van der Waals surface area contributed by atoms with E-state index < -0.39 is 0 Å². The molecular formula is C12H18. The van der Waals surface area contributed by atoms with Crippen molar-refractivity contribution >= 4 is 0 Å². The van der Waals surface area contributed by atoms with E-state index in [0.29, 0.717) is 0 Å². The zero-order chi connectivity index (χ0) is 9.40. The van der Waals surface area contributed by atoms with Crippen LogP contribution < -0.4 is 0 Å². The molecule has 0 N–H and O–H groups in total. The molecule has 0 aliphatic rings. The Labute approximate surface area is 76.0 Å². The largest absolute Gasteiger partial charge is 0.0988 e. The van der Waals surface area contributed by atoms with Gasteiger partial charge in [-0.05, 0) is 19.8 Å². The lowest BCUT2D eigenvalue weighted by Gasteiger charge is -1.97. The predicted molar refractivity (Wildman–Crippen MR) is 57.1 cm³/mol. The maximum atomic E-state index is 3.92. The molecule has 12 heavy (non-hydrogen) atoms. The zero-order valence-electron chi connectivity index (χ0n) is 8.14. The van der Waals surface area contributed by atoms with Crippen LogP contribution in [0.4, 0.5) is 0 Å². The molecule has 0 aromatic heterocycles. The normalized spacial score (nSPS) is 12.0. The van der Waals surface area contributed by atoms with Gasteiger partial charge in [0.2, 0.25) is 0 Å². The Kier molecular flexibility index (Phi) is 6.08. The van der Waals surface area contributed by atoms with E-state index in [0.717, 1.165) is 18.4 Å². The van der Waals surface area contributed by atoms with Crippen LogP contribution in [0.1, 0.15) is 26.7 Å². The van der Waals surface area contributed by atoms with Crippen molar-refractivity contribution in [1.29, 1.82) is 0 Å². The second-order valence-electron chi connectivity index (χ2n) is 2.70. The fourth-order valence-corrected chi connectivity index (χ4v) is 0.938. The number of rotatable bonds is 5. The summed E-state index contributed by atoms with van der Waals surface area (Å²) in [5, 5.41) is 0. The smallest absolute Gasteiger partial charge is 0.00976 e. The lowest BCUT2D eigenvalue weighted by atomic mass is 10.1. The topological polar surface area (TPSA) is 0 Å². The van der Waals surface area contributed by atoms with Crippen LogP contribution in [0, 0.1) is 0 Å². The van der Waals surface area contributed by atoms with Crippen molar-refractivity contribution in [1.82, 2.24) is 0 Å². The van der Waals surface area contributed by atoms with E-state index in [9.17, 15) is 0 Å². The highest BCUT2D eigenvalue weighted by Crippen LogP contribution is 2.07. The van der Waals surface area contributed by atoms with E-state index >= 15 is 0 Å². The summed E-state index contributed by atoms with van der Waals surface area (Å²) in [4.78, 5) is 0. The Bertz CT molecular complexity index is 204. The summed E-state index contributed by atoms with van der Waals surface area (Å²) in [6.45, 7) is 11.8. The summed E-state index contributed by atoms with van der Waals surface area (Å²) in [6.07, 6.45) is 10.1. The first-order valence-electron chi connectivity index (χ1n) is 4.36. The van der Waals surface area contributed by atoms with Crippen molar-refractivity contribution in [2.24, 2.45) is 0 Å². The molecule has 0 aromatic rings. The minimum absolute atomic E-state index is 0.930. The first-order valence-corrected chi connectivity index (χ1v) is 4.36. The number of allylic oxidation sites excluding steroid dienone is 6. The van der Waals surface area contributed by atoms with Crippen LogP contribution in [0.5, 0.6) is 0 Å². The van der Waals surface area contributed by atoms with E-state index in [1.54, 1.807) is 0 Å². The number of hydrogen-bond donors (Lipinski definition) is 0. The van der Waals surface area contributed by atoms with E-state index in [1.165, 1.54) is 5.57 Å². The maximum absolute atomic E-state index is 3.92. The van der Waals surface area contributed by atoms with Crippen LogP contribution in [0.3, 0.4) is 0 Å². The first kappa shape index (κ1) is 11.0. The van der Waals surface area contributed by atoms with E-state index in [4.69, 9.17) is 0 Å². The van der Waals surface area contributed by atoms with Gasteiger partial charge in [0.25, 0.3) is 0 Å². The Balaban J connectivity index is 4.01. The minimum Gasteiger partial charge on any atom is -0.0988 e. The summed E-state index contributed by atoms with van der Waals surface area (Å²) in [5.74, 6) is 0. The van der Waals surface area contributed by atoms with Crippen molar-refractivity contribution in [2.75, 3.05) is 0 Å². The average Bonchev–Trinajstić information content (AvgIpc) is 2.07. The molecule has 0 amide bonds. The van der Waals surface area contributed by atoms with Gasteiger partial charge in [-0.25, -0.2) is 0 Å². The van der Waals surface area contributed by atoms with Crippen LogP contribution in [-0.4, -0.2) is 0 Å². The van der Waals surface area contributed by atoms with Crippen LogP contribution >= 0.6 is 0 Å². The van der Waals surface area contributed by atoms with Gasteiger partial charge in [-0.15, -0.1) is 0 Å². The molecule has 0 aliphatic carbocycles. The number of hydrogen-bond acceptors (Lipinski definition) is 0. The molecule has 0 heteroatoms. The molecule has 0 fully saturated rings. The summed E-state index contributed by atoms with van der Waals surface area (Å²) < 4.78 is 0. The molecular weight excluding hydrogens is 144 g/mol. The average molecular weight is 162 g/mol. The third kappa shape index (κ3) is 4.73. The van der Waals surface area contributed by atoms with Crippen molar-refractivity contribution in [3.05, 3.63) is 48.6 Å². The summed E-state index contributed by atoms with van der Waals surface area (Å²) in [6, 6.07) is 0. The molecule has 0 rings (SSSR count). The first-order chi connectivity index (χ1) is 5.74. The van der Waals surface area contributed by atoms with Crippen LogP contribution in [-0.2, 0) is 0 Å².